The second-order valence-corrected chi connectivity index (χ2v) is 12.0. The van der Waals surface area contributed by atoms with Crippen LogP contribution in [0, 0.1) is 0 Å². The Bertz CT molecular complexity index is 2140. The van der Waals surface area contributed by atoms with Gasteiger partial charge in [0.2, 0.25) is 6.71 Å². The summed E-state index contributed by atoms with van der Waals surface area (Å²) < 4.78 is 6.41. The molecule has 0 N–H and O–H groups in total. The number of benzene rings is 7. The van der Waals surface area contributed by atoms with Crippen molar-refractivity contribution in [2.45, 2.75) is 0 Å². The van der Waals surface area contributed by atoms with Crippen molar-refractivity contribution >= 4 is 63.3 Å². The summed E-state index contributed by atoms with van der Waals surface area (Å²) in [4.78, 5) is 2.41. The van der Waals surface area contributed by atoms with E-state index in [-0.39, 0.29) is 13.4 Å². The number of nitrogens with zero attached hydrogens (tertiary/aromatic N) is 1. The minimum atomic E-state index is 0.0462. The van der Waals surface area contributed by atoms with E-state index in [0.717, 1.165) is 17.2 Å². The Labute approximate surface area is 270 Å². The lowest BCUT2D eigenvalue weighted by molar-refractivity contribution is 0.487. The Morgan fingerprint density at radius 2 is 0.696 bits per heavy atom. The summed E-state index contributed by atoms with van der Waals surface area (Å²) in [5, 5.41) is 0. The van der Waals surface area contributed by atoms with E-state index in [2.05, 4.69) is 181 Å². The van der Waals surface area contributed by atoms with Crippen molar-refractivity contribution in [1.82, 2.24) is 0 Å². The molecule has 0 aliphatic carbocycles. The quantitative estimate of drug-likeness (QED) is 0.226. The second kappa shape index (κ2) is 11.0. The molecule has 0 saturated carbocycles. The van der Waals surface area contributed by atoms with Gasteiger partial charge in [0.05, 0.1) is 0 Å². The Kier molecular flexibility index (Phi) is 6.38. The van der Waals surface area contributed by atoms with Gasteiger partial charge in [0.1, 0.15) is 11.5 Å². The lowest BCUT2D eigenvalue weighted by atomic mass is 9.33. The van der Waals surface area contributed by atoms with E-state index in [4.69, 9.17) is 4.74 Å². The van der Waals surface area contributed by atoms with Gasteiger partial charge in [-0.15, -0.1) is 0 Å². The molecule has 214 valence electrons. The van der Waals surface area contributed by atoms with Crippen molar-refractivity contribution in [2.24, 2.45) is 0 Å². The van der Waals surface area contributed by atoms with Gasteiger partial charge in [0.15, 0.2) is 0 Å². The molecule has 2 aliphatic heterocycles. The molecule has 0 fully saturated rings. The Hall–Kier alpha value is -5.73. The maximum absolute atomic E-state index is 6.41. The van der Waals surface area contributed by atoms with E-state index in [1.807, 2.05) is 0 Å². The molecular formula is C42H29B2NO. The average molecular weight is 585 g/mol. The molecule has 7 aromatic carbocycles. The zero-order chi connectivity index (χ0) is 30.5. The highest BCUT2D eigenvalue weighted by Gasteiger charge is 2.38. The van der Waals surface area contributed by atoms with Gasteiger partial charge < -0.3 is 9.64 Å². The van der Waals surface area contributed by atoms with Crippen LogP contribution in [-0.2, 0) is 0 Å². The number of para-hydroxylation sites is 5. The van der Waals surface area contributed by atoms with Gasteiger partial charge in [-0.25, -0.2) is 0 Å². The zero-order valence-electron chi connectivity index (χ0n) is 25.3. The predicted octanol–water partition coefficient (Wildman–Crippen LogP) is 6.27. The van der Waals surface area contributed by atoms with E-state index >= 15 is 0 Å². The van der Waals surface area contributed by atoms with Crippen LogP contribution in [0.5, 0.6) is 11.5 Å². The van der Waals surface area contributed by atoms with Gasteiger partial charge >= 0.3 is 0 Å². The predicted molar refractivity (Wildman–Crippen MR) is 195 cm³/mol. The van der Waals surface area contributed by atoms with Crippen LogP contribution in [0.2, 0.25) is 0 Å². The lowest BCUT2D eigenvalue weighted by Crippen LogP contribution is -2.58. The molecule has 0 aromatic heterocycles. The van der Waals surface area contributed by atoms with Crippen molar-refractivity contribution in [3.63, 3.8) is 0 Å². The molecule has 7 aromatic rings. The van der Waals surface area contributed by atoms with Crippen molar-refractivity contribution in [3.8, 4) is 22.6 Å². The molecular weight excluding hydrogens is 556 g/mol. The van der Waals surface area contributed by atoms with Crippen LogP contribution in [0.3, 0.4) is 0 Å². The number of hydrogen-bond donors (Lipinski definition) is 0. The van der Waals surface area contributed by atoms with Crippen LogP contribution >= 0.6 is 0 Å². The first kappa shape index (κ1) is 26.7. The molecule has 0 atom stereocenters. The summed E-state index contributed by atoms with van der Waals surface area (Å²) in [6, 6.07) is 63.4. The van der Waals surface area contributed by atoms with Crippen molar-refractivity contribution in [1.29, 1.82) is 0 Å². The van der Waals surface area contributed by atoms with Gasteiger partial charge in [-0.2, -0.15) is 0 Å². The molecule has 2 nitrogen and oxygen atoms in total. The summed E-state index contributed by atoms with van der Waals surface area (Å²) >= 11 is 0. The van der Waals surface area contributed by atoms with Crippen molar-refractivity contribution in [3.05, 3.63) is 176 Å². The van der Waals surface area contributed by atoms with Crippen LogP contribution < -0.4 is 42.4 Å². The first-order chi connectivity index (χ1) is 22.9. The Morgan fingerprint density at radius 1 is 0.326 bits per heavy atom. The fourth-order valence-electron chi connectivity index (χ4n) is 7.59. The monoisotopic (exact) mass is 585 g/mol. The van der Waals surface area contributed by atoms with E-state index in [1.54, 1.807) is 0 Å². The van der Waals surface area contributed by atoms with E-state index < -0.39 is 0 Å². The smallest absolute Gasteiger partial charge is 0.251 e. The van der Waals surface area contributed by atoms with E-state index in [1.165, 1.54) is 55.3 Å². The van der Waals surface area contributed by atoms with Gasteiger partial charge in [0.25, 0.3) is 6.71 Å². The normalized spacial score (nSPS) is 12.8. The molecule has 0 saturated heterocycles. The second-order valence-electron chi connectivity index (χ2n) is 12.0. The highest BCUT2D eigenvalue weighted by atomic mass is 16.5. The fraction of sp³-hybridized carbons (Fsp3) is 0. The van der Waals surface area contributed by atoms with Gasteiger partial charge in [0, 0.05) is 17.1 Å². The lowest BCUT2D eigenvalue weighted by Gasteiger charge is -2.37. The van der Waals surface area contributed by atoms with Crippen LogP contribution in [0.25, 0.3) is 11.1 Å². The van der Waals surface area contributed by atoms with Crippen LogP contribution in [0.4, 0.5) is 17.1 Å². The minimum absolute atomic E-state index is 0.0462. The van der Waals surface area contributed by atoms with E-state index in [9.17, 15) is 0 Å². The standard InChI is InChI=1S/C42H29B2NO/c1-2-16-30(17-3-1)45-39-26-12-8-22-35(39)43(36-23-9-13-27-40(36)45)33-20-6-4-18-31(33)32-19-5-7-21-34(32)44-37-24-10-14-28-41(37)46-42-29-15-11-25-38(42)44/h1-29H. The number of fused-ring (bicyclic) bond motifs is 4. The third-order valence-corrected chi connectivity index (χ3v) is 9.51. The Morgan fingerprint density at radius 3 is 1.22 bits per heavy atom. The van der Waals surface area contributed by atoms with Crippen molar-refractivity contribution in [2.75, 3.05) is 4.90 Å². The molecule has 0 amide bonds. The first-order valence-electron chi connectivity index (χ1n) is 15.9. The molecule has 4 heteroatoms. The maximum atomic E-state index is 6.41. The highest BCUT2D eigenvalue weighted by Crippen LogP contribution is 2.36. The third-order valence-electron chi connectivity index (χ3n) is 9.51. The maximum Gasteiger partial charge on any atom is 0.251 e. The topological polar surface area (TPSA) is 12.5 Å². The summed E-state index contributed by atoms with van der Waals surface area (Å²) in [6.45, 7) is 0.107. The molecule has 0 radical (unpaired) electrons. The summed E-state index contributed by atoms with van der Waals surface area (Å²) in [5.41, 5.74) is 13.7. The average Bonchev–Trinajstić information content (AvgIpc) is 3.13. The fourth-order valence-corrected chi connectivity index (χ4v) is 7.59. The van der Waals surface area contributed by atoms with Gasteiger partial charge in [-0.3, -0.25) is 0 Å². The summed E-state index contributed by atoms with van der Waals surface area (Å²) in [6.07, 6.45) is 0. The molecule has 9 rings (SSSR count). The van der Waals surface area contributed by atoms with Gasteiger partial charge in [-0.05, 0) is 69.4 Å². The van der Waals surface area contributed by atoms with Crippen LogP contribution in [0.15, 0.2) is 176 Å². The largest absolute Gasteiger partial charge is 0.458 e. The third kappa shape index (κ3) is 4.22. The molecule has 2 heterocycles. The summed E-state index contributed by atoms with van der Waals surface area (Å²) in [7, 11) is 0. The Balaban J connectivity index is 1.27. The highest BCUT2D eigenvalue weighted by molar-refractivity contribution is 6.99. The molecule has 46 heavy (non-hydrogen) atoms. The number of rotatable bonds is 4. The van der Waals surface area contributed by atoms with Crippen LogP contribution in [-0.4, -0.2) is 13.4 Å². The zero-order valence-corrected chi connectivity index (χ0v) is 25.3. The van der Waals surface area contributed by atoms with E-state index in [0.29, 0.717) is 0 Å². The molecule has 0 spiro atoms. The molecule has 2 aliphatic rings. The SMILES string of the molecule is c1ccc(N2c3ccccc3B(c3ccccc3-c3ccccc3B3c4ccccc4Oc4ccccc43)c3ccccc32)cc1. The van der Waals surface area contributed by atoms with Crippen molar-refractivity contribution < 1.29 is 4.74 Å². The number of ether oxygens (including phenoxy) is 1. The van der Waals surface area contributed by atoms with Crippen LogP contribution in [0.1, 0.15) is 0 Å². The summed E-state index contributed by atoms with van der Waals surface area (Å²) in [5.74, 6) is 1.84. The van der Waals surface area contributed by atoms with Gasteiger partial charge in [-0.1, -0.05) is 150 Å². The minimum Gasteiger partial charge on any atom is -0.458 e. The molecule has 0 unspecified atom stereocenters. The molecule has 0 bridgehead atoms. The first-order valence-corrected chi connectivity index (χ1v) is 15.9. The number of anilines is 3. The number of hydrogen-bond acceptors (Lipinski definition) is 2.